The molecule has 1 heterocycles. The quantitative estimate of drug-likeness (QED) is 0.481. The Morgan fingerprint density at radius 2 is 2.24 bits per heavy atom. The fraction of sp³-hybridized carbons (Fsp3) is 0. The number of rotatable bonds is 3. The van der Waals surface area contributed by atoms with Crippen LogP contribution in [0, 0.1) is 10.1 Å². The first-order chi connectivity index (χ1) is 8.08. The molecular weight excluding hydrogens is 224 g/mol. The van der Waals surface area contributed by atoms with Crippen LogP contribution in [0.15, 0.2) is 30.5 Å². The van der Waals surface area contributed by atoms with Gasteiger partial charge in [0.05, 0.1) is 4.92 Å². The first-order valence-corrected chi connectivity index (χ1v) is 4.74. The standard InChI is InChI=1S/C11H8N2O4/c14-11(15)4-1-7-6-12-10-3-2-8(13(16)17)5-9(7)10/h1-6,12H,(H,14,15). The molecule has 6 heteroatoms. The normalized spacial score (nSPS) is 11.1. The van der Waals surface area contributed by atoms with Gasteiger partial charge in [-0.2, -0.15) is 0 Å². The fourth-order valence-corrected chi connectivity index (χ4v) is 1.54. The van der Waals surface area contributed by atoms with Gasteiger partial charge in [-0.3, -0.25) is 10.1 Å². The predicted octanol–water partition coefficient (Wildman–Crippen LogP) is 2.17. The van der Waals surface area contributed by atoms with Crippen LogP contribution in [0.3, 0.4) is 0 Å². The molecule has 1 aromatic carbocycles. The van der Waals surface area contributed by atoms with Crippen molar-refractivity contribution in [2.24, 2.45) is 0 Å². The molecule has 0 atom stereocenters. The third-order valence-corrected chi connectivity index (χ3v) is 2.31. The van der Waals surface area contributed by atoms with Crippen molar-refractivity contribution in [3.8, 4) is 0 Å². The Kier molecular flexibility index (Phi) is 2.61. The lowest BCUT2D eigenvalue weighted by Crippen LogP contribution is -1.87. The summed E-state index contributed by atoms with van der Waals surface area (Å²) in [6, 6.07) is 4.39. The lowest BCUT2D eigenvalue weighted by Gasteiger charge is -1.93. The Bertz CT molecular complexity index is 627. The van der Waals surface area contributed by atoms with E-state index >= 15 is 0 Å². The predicted molar refractivity (Wildman–Crippen MR) is 61.6 cm³/mol. The minimum absolute atomic E-state index is 0.0259. The summed E-state index contributed by atoms with van der Waals surface area (Å²) in [5, 5.41) is 19.8. The number of carboxylic acids is 1. The Labute approximate surface area is 95.3 Å². The first-order valence-electron chi connectivity index (χ1n) is 4.74. The highest BCUT2D eigenvalue weighted by Crippen LogP contribution is 2.24. The van der Waals surface area contributed by atoms with E-state index in [-0.39, 0.29) is 5.69 Å². The lowest BCUT2D eigenvalue weighted by molar-refractivity contribution is -0.384. The van der Waals surface area contributed by atoms with Gasteiger partial charge in [0.15, 0.2) is 0 Å². The van der Waals surface area contributed by atoms with Gasteiger partial charge in [0.2, 0.25) is 0 Å². The number of fused-ring (bicyclic) bond motifs is 1. The molecule has 1 aromatic heterocycles. The monoisotopic (exact) mass is 232 g/mol. The molecule has 2 N–H and O–H groups in total. The van der Waals surface area contributed by atoms with E-state index in [1.165, 1.54) is 18.2 Å². The SMILES string of the molecule is O=C(O)C=Cc1c[nH]c2ccc([N+](=O)[O-])cc12. The number of nitro benzene ring substituents is 1. The third kappa shape index (κ3) is 2.15. The van der Waals surface area contributed by atoms with E-state index in [9.17, 15) is 14.9 Å². The highest BCUT2D eigenvalue weighted by molar-refractivity contribution is 5.94. The van der Waals surface area contributed by atoms with E-state index in [0.717, 1.165) is 11.6 Å². The van der Waals surface area contributed by atoms with Crippen molar-refractivity contribution in [2.45, 2.75) is 0 Å². The van der Waals surface area contributed by atoms with Gasteiger partial charge in [-0.05, 0) is 12.1 Å². The summed E-state index contributed by atoms with van der Waals surface area (Å²) < 4.78 is 0. The van der Waals surface area contributed by atoms with Crippen molar-refractivity contribution >= 4 is 28.6 Å². The number of carbonyl (C=O) groups is 1. The summed E-state index contributed by atoms with van der Waals surface area (Å²) in [5.41, 5.74) is 1.30. The number of hydrogen-bond donors (Lipinski definition) is 2. The van der Waals surface area contributed by atoms with Gasteiger partial charge in [-0.25, -0.2) is 4.79 Å². The molecule has 17 heavy (non-hydrogen) atoms. The molecule has 2 aromatic rings. The highest BCUT2D eigenvalue weighted by Gasteiger charge is 2.09. The Morgan fingerprint density at radius 1 is 1.47 bits per heavy atom. The van der Waals surface area contributed by atoms with Crippen molar-refractivity contribution in [1.82, 2.24) is 4.98 Å². The molecule has 0 spiro atoms. The maximum absolute atomic E-state index is 10.6. The number of aliphatic carboxylic acids is 1. The molecule has 0 aliphatic heterocycles. The topological polar surface area (TPSA) is 96.2 Å². The number of nitro groups is 1. The van der Waals surface area contributed by atoms with Gasteiger partial charge < -0.3 is 10.1 Å². The minimum atomic E-state index is -1.07. The molecule has 0 fully saturated rings. The van der Waals surface area contributed by atoms with E-state index in [1.54, 1.807) is 12.3 Å². The second-order valence-corrected chi connectivity index (χ2v) is 3.40. The molecule has 0 amide bonds. The Hall–Kier alpha value is -2.63. The van der Waals surface area contributed by atoms with Crippen LogP contribution in [0.25, 0.3) is 17.0 Å². The zero-order chi connectivity index (χ0) is 12.4. The molecule has 0 saturated heterocycles. The zero-order valence-corrected chi connectivity index (χ0v) is 8.58. The average Bonchev–Trinajstić information content (AvgIpc) is 2.68. The summed E-state index contributed by atoms with van der Waals surface area (Å²) in [5.74, 6) is -1.07. The zero-order valence-electron chi connectivity index (χ0n) is 8.58. The number of hydrogen-bond acceptors (Lipinski definition) is 3. The summed E-state index contributed by atoms with van der Waals surface area (Å²) in [4.78, 5) is 23.4. The van der Waals surface area contributed by atoms with Crippen LogP contribution in [0.2, 0.25) is 0 Å². The summed E-state index contributed by atoms with van der Waals surface area (Å²) in [6.07, 6.45) is 3.99. The fourth-order valence-electron chi connectivity index (χ4n) is 1.54. The summed E-state index contributed by atoms with van der Waals surface area (Å²) in [6.45, 7) is 0. The van der Waals surface area contributed by atoms with Crippen molar-refractivity contribution < 1.29 is 14.8 Å². The van der Waals surface area contributed by atoms with Crippen molar-refractivity contribution in [1.29, 1.82) is 0 Å². The smallest absolute Gasteiger partial charge is 0.328 e. The molecule has 86 valence electrons. The molecular formula is C11H8N2O4. The van der Waals surface area contributed by atoms with Gasteiger partial charge in [-0.15, -0.1) is 0 Å². The molecule has 2 rings (SSSR count). The minimum Gasteiger partial charge on any atom is -0.478 e. The number of nitrogens with one attached hydrogen (secondary N) is 1. The molecule has 0 bridgehead atoms. The van der Waals surface area contributed by atoms with Gasteiger partial charge in [-0.1, -0.05) is 0 Å². The maximum Gasteiger partial charge on any atom is 0.328 e. The van der Waals surface area contributed by atoms with Crippen LogP contribution in [0.5, 0.6) is 0 Å². The Morgan fingerprint density at radius 3 is 2.88 bits per heavy atom. The average molecular weight is 232 g/mol. The van der Waals surface area contributed by atoms with Gasteiger partial charge >= 0.3 is 5.97 Å². The molecule has 0 saturated carbocycles. The van der Waals surface area contributed by atoms with Crippen LogP contribution >= 0.6 is 0 Å². The summed E-state index contributed by atoms with van der Waals surface area (Å²) >= 11 is 0. The van der Waals surface area contributed by atoms with Crippen LogP contribution in [-0.4, -0.2) is 21.0 Å². The van der Waals surface area contributed by atoms with Crippen molar-refractivity contribution in [3.63, 3.8) is 0 Å². The second kappa shape index (κ2) is 4.09. The number of non-ortho nitro benzene ring substituents is 1. The maximum atomic E-state index is 10.6. The number of benzene rings is 1. The van der Waals surface area contributed by atoms with E-state index in [0.29, 0.717) is 10.9 Å². The van der Waals surface area contributed by atoms with Gasteiger partial charge in [0, 0.05) is 40.9 Å². The highest BCUT2D eigenvalue weighted by atomic mass is 16.6. The van der Waals surface area contributed by atoms with Crippen LogP contribution in [-0.2, 0) is 4.79 Å². The number of nitrogens with zero attached hydrogens (tertiary/aromatic N) is 1. The summed E-state index contributed by atoms with van der Waals surface area (Å²) in [7, 11) is 0. The molecule has 6 nitrogen and oxygen atoms in total. The van der Waals surface area contributed by atoms with E-state index in [2.05, 4.69) is 4.98 Å². The van der Waals surface area contributed by atoms with Crippen molar-refractivity contribution in [2.75, 3.05) is 0 Å². The number of carboxylic acid groups (broad SMARTS) is 1. The molecule has 0 aliphatic carbocycles. The van der Waals surface area contributed by atoms with Gasteiger partial charge in [0.25, 0.3) is 5.69 Å². The number of H-pyrrole nitrogens is 1. The van der Waals surface area contributed by atoms with Crippen LogP contribution < -0.4 is 0 Å². The van der Waals surface area contributed by atoms with E-state index in [1.807, 2.05) is 0 Å². The van der Waals surface area contributed by atoms with E-state index < -0.39 is 10.9 Å². The Balaban J connectivity index is 2.54. The van der Waals surface area contributed by atoms with Crippen molar-refractivity contribution in [3.05, 3.63) is 46.1 Å². The molecule has 0 radical (unpaired) electrons. The van der Waals surface area contributed by atoms with Gasteiger partial charge in [0.1, 0.15) is 0 Å². The lowest BCUT2D eigenvalue weighted by atomic mass is 10.1. The van der Waals surface area contributed by atoms with E-state index in [4.69, 9.17) is 5.11 Å². The number of aromatic amines is 1. The third-order valence-electron chi connectivity index (χ3n) is 2.31. The second-order valence-electron chi connectivity index (χ2n) is 3.40. The van der Waals surface area contributed by atoms with Crippen LogP contribution in [0.1, 0.15) is 5.56 Å². The van der Waals surface area contributed by atoms with Crippen LogP contribution in [0.4, 0.5) is 5.69 Å². The molecule has 0 unspecified atom stereocenters. The molecule has 0 aliphatic rings. The largest absolute Gasteiger partial charge is 0.478 e. The number of aromatic nitrogens is 1. The first kappa shape index (κ1) is 10.9.